The first kappa shape index (κ1) is 25.0. The van der Waals surface area contributed by atoms with Crippen molar-refractivity contribution in [3.8, 4) is 11.4 Å². The molecule has 1 unspecified atom stereocenters. The summed E-state index contributed by atoms with van der Waals surface area (Å²) in [6, 6.07) is 7.33. The molecule has 0 aliphatic heterocycles. The SMILES string of the molecule is CS(=O)NCC(=O)CCCSc1nc2cc[nH]c2c(=O)n1-c1ccc(OCC(F)(F)F)cc1. The van der Waals surface area contributed by atoms with E-state index < -0.39 is 23.8 Å². The number of ether oxygens (including phenoxy) is 1. The zero-order valence-corrected chi connectivity index (χ0v) is 19.1. The van der Waals surface area contributed by atoms with Crippen molar-refractivity contribution in [1.82, 2.24) is 19.3 Å². The number of hydrogen-bond acceptors (Lipinski definition) is 6. The third kappa shape index (κ3) is 7.17. The van der Waals surface area contributed by atoms with E-state index in [0.29, 0.717) is 34.1 Å². The lowest BCUT2D eigenvalue weighted by atomic mass is 10.2. The third-order valence-electron chi connectivity index (χ3n) is 4.35. The predicted octanol–water partition coefficient (Wildman–Crippen LogP) is 2.98. The van der Waals surface area contributed by atoms with Gasteiger partial charge < -0.3 is 9.72 Å². The molecule has 2 N–H and O–H groups in total. The number of ketones is 1. The fourth-order valence-electron chi connectivity index (χ4n) is 2.86. The molecule has 3 rings (SSSR count). The molecule has 0 amide bonds. The molecule has 0 spiro atoms. The van der Waals surface area contributed by atoms with Gasteiger partial charge in [0.15, 0.2) is 11.8 Å². The Bertz CT molecular complexity index is 1190. The molecule has 0 radical (unpaired) electrons. The van der Waals surface area contributed by atoms with Gasteiger partial charge in [0.05, 0.1) is 28.7 Å². The van der Waals surface area contributed by atoms with Crippen LogP contribution in [-0.2, 0) is 15.8 Å². The van der Waals surface area contributed by atoms with E-state index in [1.807, 2.05) is 0 Å². The Hall–Kier alpha value is -2.64. The number of H-pyrrole nitrogens is 1. The van der Waals surface area contributed by atoms with E-state index in [0.717, 1.165) is 0 Å². The molecule has 1 atom stereocenters. The maximum atomic E-state index is 13.1. The number of aromatic amines is 1. The van der Waals surface area contributed by atoms with Crippen LogP contribution in [0.15, 0.2) is 46.5 Å². The lowest BCUT2D eigenvalue weighted by Gasteiger charge is -2.13. The molecule has 2 aromatic heterocycles. The largest absolute Gasteiger partial charge is 0.484 e. The number of carbonyl (C=O) groups is 1. The lowest BCUT2D eigenvalue weighted by Crippen LogP contribution is -2.24. The van der Waals surface area contributed by atoms with Gasteiger partial charge in [-0.15, -0.1) is 0 Å². The fourth-order valence-corrected chi connectivity index (χ4v) is 4.18. The Kier molecular flexibility index (Phi) is 8.32. The molecule has 0 bridgehead atoms. The molecule has 0 fully saturated rings. The number of Topliss-reactive ketones (excluding diaryl/α,β-unsaturated/α-hetero) is 1. The summed E-state index contributed by atoms with van der Waals surface area (Å²) in [5.74, 6) is 0.440. The van der Waals surface area contributed by atoms with Gasteiger partial charge in [-0.25, -0.2) is 13.9 Å². The highest BCUT2D eigenvalue weighted by molar-refractivity contribution is 7.99. The number of nitrogens with zero attached hydrogens (tertiary/aromatic N) is 2. The number of fused-ring (bicyclic) bond motifs is 1. The van der Waals surface area contributed by atoms with Gasteiger partial charge in [-0.3, -0.25) is 14.2 Å². The summed E-state index contributed by atoms with van der Waals surface area (Å²) in [6.07, 6.45) is -0.617. The summed E-state index contributed by atoms with van der Waals surface area (Å²) in [4.78, 5) is 32.2. The van der Waals surface area contributed by atoms with Gasteiger partial charge in [0.1, 0.15) is 17.0 Å². The van der Waals surface area contributed by atoms with Crippen LogP contribution in [0, 0.1) is 0 Å². The van der Waals surface area contributed by atoms with Crippen LogP contribution in [0.3, 0.4) is 0 Å². The Morgan fingerprint density at radius 3 is 2.67 bits per heavy atom. The predicted molar refractivity (Wildman–Crippen MR) is 120 cm³/mol. The van der Waals surface area contributed by atoms with Crippen molar-refractivity contribution < 1.29 is 26.9 Å². The maximum Gasteiger partial charge on any atom is 0.422 e. The van der Waals surface area contributed by atoms with Crippen molar-refractivity contribution in [1.29, 1.82) is 0 Å². The van der Waals surface area contributed by atoms with E-state index in [4.69, 9.17) is 4.74 Å². The third-order valence-corrected chi connectivity index (χ3v) is 5.93. The minimum atomic E-state index is -4.45. The molecule has 1 aromatic carbocycles. The van der Waals surface area contributed by atoms with Crippen molar-refractivity contribution in [2.75, 3.05) is 25.2 Å². The Morgan fingerprint density at radius 2 is 2.00 bits per heavy atom. The van der Waals surface area contributed by atoms with E-state index in [-0.39, 0.29) is 30.1 Å². The van der Waals surface area contributed by atoms with Gasteiger partial charge >= 0.3 is 6.18 Å². The van der Waals surface area contributed by atoms with Crippen molar-refractivity contribution in [3.05, 3.63) is 46.9 Å². The molecule has 8 nitrogen and oxygen atoms in total. The van der Waals surface area contributed by atoms with Gasteiger partial charge in [0.25, 0.3) is 5.56 Å². The molecule has 3 aromatic rings. The maximum absolute atomic E-state index is 13.1. The van der Waals surface area contributed by atoms with Crippen LogP contribution in [-0.4, -0.2) is 55.9 Å². The van der Waals surface area contributed by atoms with Crippen LogP contribution < -0.4 is 15.0 Å². The minimum absolute atomic E-state index is 0.0207. The van der Waals surface area contributed by atoms with Gasteiger partial charge in [0.2, 0.25) is 0 Å². The topological polar surface area (TPSA) is 106 Å². The molecule has 13 heteroatoms. The highest BCUT2D eigenvalue weighted by Gasteiger charge is 2.28. The average Bonchev–Trinajstić information content (AvgIpc) is 3.23. The number of halogens is 3. The van der Waals surface area contributed by atoms with Crippen LogP contribution in [0.1, 0.15) is 12.8 Å². The summed E-state index contributed by atoms with van der Waals surface area (Å²) in [7, 11) is -1.26. The van der Waals surface area contributed by atoms with E-state index in [1.54, 1.807) is 12.3 Å². The molecule has 0 saturated heterocycles. The lowest BCUT2D eigenvalue weighted by molar-refractivity contribution is -0.153. The zero-order valence-electron chi connectivity index (χ0n) is 17.5. The van der Waals surface area contributed by atoms with Gasteiger partial charge in [-0.1, -0.05) is 11.8 Å². The summed E-state index contributed by atoms with van der Waals surface area (Å²) in [5.41, 5.74) is 0.832. The first-order chi connectivity index (χ1) is 15.6. The fraction of sp³-hybridized carbons (Fsp3) is 0.350. The Labute approximate surface area is 193 Å². The highest BCUT2D eigenvalue weighted by Crippen LogP contribution is 2.24. The van der Waals surface area contributed by atoms with Crippen LogP contribution in [0.2, 0.25) is 0 Å². The second kappa shape index (κ2) is 11.0. The highest BCUT2D eigenvalue weighted by atomic mass is 32.2. The zero-order chi connectivity index (χ0) is 24.0. The normalized spacial score (nSPS) is 12.7. The van der Waals surface area contributed by atoms with Gasteiger partial charge in [-0.2, -0.15) is 13.2 Å². The van der Waals surface area contributed by atoms with Crippen LogP contribution in [0.4, 0.5) is 13.2 Å². The van der Waals surface area contributed by atoms with Crippen LogP contribution >= 0.6 is 11.8 Å². The van der Waals surface area contributed by atoms with Crippen molar-refractivity contribution in [2.24, 2.45) is 0 Å². The molecular weight excluding hydrogens is 481 g/mol. The summed E-state index contributed by atoms with van der Waals surface area (Å²) in [5, 5.41) is 0.385. The van der Waals surface area contributed by atoms with Gasteiger partial charge in [0, 0.05) is 24.6 Å². The smallest absolute Gasteiger partial charge is 0.422 e. The Balaban J connectivity index is 1.76. The van der Waals surface area contributed by atoms with E-state index in [9.17, 15) is 27.0 Å². The van der Waals surface area contributed by atoms with E-state index in [2.05, 4.69) is 14.7 Å². The molecule has 0 aliphatic carbocycles. The second-order valence-electron chi connectivity index (χ2n) is 6.94. The first-order valence-corrected chi connectivity index (χ1v) is 12.3. The molecule has 2 heterocycles. The van der Waals surface area contributed by atoms with Crippen molar-refractivity contribution in [3.63, 3.8) is 0 Å². The number of rotatable bonds is 11. The summed E-state index contributed by atoms with van der Waals surface area (Å²) < 4.78 is 56.7. The van der Waals surface area contributed by atoms with Crippen molar-refractivity contribution in [2.45, 2.75) is 24.2 Å². The molecule has 0 aliphatic rings. The number of carbonyl (C=O) groups excluding carboxylic acids is 1. The number of hydrogen-bond donors (Lipinski definition) is 2. The number of benzene rings is 1. The average molecular weight is 503 g/mol. The van der Waals surface area contributed by atoms with Gasteiger partial charge in [-0.05, 0) is 36.8 Å². The van der Waals surface area contributed by atoms with Crippen LogP contribution in [0.25, 0.3) is 16.7 Å². The van der Waals surface area contributed by atoms with Crippen LogP contribution in [0.5, 0.6) is 5.75 Å². The molecular formula is C20H21F3N4O4S2. The minimum Gasteiger partial charge on any atom is -0.484 e. The van der Waals surface area contributed by atoms with E-state index >= 15 is 0 Å². The number of nitrogens with one attached hydrogen (secondary N) is 2. The molecule has 178 valence electrons. The first-order valence-electron chi connectivity index (χ1n) is 9.75. The number of alkyl halides is 3. The monoisotopic (exact) mass is 502 g/mol. The number of thioether (sulfide) groups is 1. The molecule has 0 saturated carbocycles. The number of aromatic nitrogens is 3. The quantitative estimate of drug-likeness (QED) is 0.237. The Morgan fingerprint density at radius 1 is 1.27 bits per heavy atom. The van der Waals surface area contributed by atoms with E-state index in [1.165, 1.54) is 46.9 Å². The summed E-state index contributed by atoms with van der Waals surface area (Å²) >= 11 is 1.28. The standard InChI is InChI=1S/C20H21F3N4O4S2/c1-33(30)25-11-14(28)3-2-10-32-19-26-16-8-9-24-17(16)18(29)27(19)13-4-6-15(7-5-13)31-12-20(21,22)23/h4-9,24-25H,2-3,10-12H2,1H3. The molecule has 33 heavy (non-hydrogen) atoms. The second-order valence-corrected chi connectivity index (χ2v) is 9.20. The van der Waals surface area contributed by atoms with Crippen molar-refractivity contribution >= 4 is 39.6 Å². The summed E-state index contributed by atoms with van der Waals surface area (Å²) in [6.45, 7) is -1.39.